The molecule has 0 amide bonds. The molecule has 0 spiro atoms. The first-order chi connectivity index (χ1) is 10.3. The third-order valence-electron chi connectivity index (χ3n) is 4.17. The summed E-state index contributed by atoms with van der Waals surface area (Å²) in [5.41, 5.74) is 0. The summed E-state index contributed by atoms with van der Waals surface area (Å²) in [5, 5.41) is 7.96. The fourth-order valence-corrected chi connectivity index (χ4v) is 3.24. The summed E-state index contributed by atoms with van der Waals surface area (Å²) >= 11 is 0. The van der Waals surface area contributed by atoms with Crippen LogP contribution in [0.2, 0.25) is 0 Å². The molecule has 3 atom stereocenters. The average molecular weight is 287 g/mol. The Morgan fingerprint density at radius 1 is 1.14 bits per heavy atom. The third-order valence-corrected chi connectivity index (χ3v) is 4.17. The van der Waals surface area contributed by atoms with Gasteiger partial charge in [0.05, 0.1) is 12.1 Å². The summed E-state index contributed by atoms with van der Waals surface area (Å²) in [6.07, 6.45) is 6.55. The van der Waals surface area contributed by atoms with Crippen molar-refractivity contribution in [1.29, 1.82) is 0 Å². The van der Waals surface area contributed by atoms with Gasteiger partial charge in [0.25, 0.3) is 0 Å². The maximum atomic E-state index is 6.17. The van der Waals surface area contributed by atoms with Gasteiger partial charge in [-0.3, -0.25) is 0 Å². The Balaban J connectivity index is 1.49. The minimum Gasteiger partial charge on any atom is -0.423 e. The Morgan fingerprint density at radius 3 is 2.76 bits per heavy atom. The summed E-state index contributed by atoms with van der Waals surface area (Å²) < 4.78 is 11.7. The summed E-state index contributed by atoms with van der Waals surface area (Å²) in [5.74, 6) is 1.97. The first-order valence-corrected chi connectivity index (χ1v) is 7.30. The fraction of sp³-hybridized carbons (Fsp3) is 0.571. The van der Waals surface area contributed by atoms with E-state index in [1.807, 2.05) is 6.07 Å². The first kappa shape index (κ1) is 12.7. The van der Waals surface area contributed by atoms with Crippen LogP contribution in [0.1, 0.15) is 37.1 Å². The van der Waals surface area contributed by atoms with Crippen LogP contribution in [0.5, 0.6) is 0 Å². The number of nitrogens with zero attached hydrogens (tertiary/aromatic N) is 5. The van der Waals surface area contributed by atoms with Gasteiger partial charge in [-0.15, -0.1) is 10.2 Å². The van der Waals surface area contributed by atoms with E-state index in [4.69, 9.17) is 9.15 Å². The molecule has 2 aromatic rings. The van der Waals surface area contributed by atoms with Gasteiger partial charge in [0.1, 0.15) is 6.10 Å². The third kappa shape index (κ3) is 2.27. The average Bonchev–Trinajstić information content (AvgIpc) is 3.13. The highest BCUT2D eigenvalue weighted by molar-refractivity contribution is 5.34. The number of fused-ring (bicyclic) bond motifs is 1. The van der Waals surface area contributed by atoms with Crippen molar-refractivity contribution < 1.29 is 9.15 Å². The standard InChI is InChI=1S/C14H17N5O2/c1-9-17-18-13(20-9)12-4-3-10-11(21-12)5-8-19(10)14-15-6-2-7-16-14/h2,6-7,10-12H,3-5,8H2,1H3/t10-,11-,12+/m1/s1. The maximum absolute atomic E-state index is 6.17. The maximum Gasteiger partial charge on any atom is 0.245 e. The predicted octanol–water partition coefficient (Wildman–Crippen LogP) is 1.67. The minimum atomic E-state index is -0.0795. The van der Waals surface area contributed by atoms with Crippen molar-refractivity contribution >= 4 is 5.95 Å². The van der Waals surface area contributed by atoms with Gasteiger partial charge in [0, 0.05) is 25.9 Å². The smallest absolute Gasteiger partial charge is 0.245 e. The van der Waals surface area contributed by atoms with Gasteiger partial charge in [-0.2, -0.15) is 0 Å². The lowest BCUT2D eigenvalue weighted by molar-refractivity contribution is -0.0641. The van der Waals surface area contributed by atoms with Gasteiger partial charge in [-0.25, -0.2) is 9.97 Å². The monoisotopic (exact) mass is 287 g/mol. The summed E-state index contributed by atoms with van der Waals surface area (Å²) in [7, 11) is 0. The van der Waals surface area contributed by atoms with Crippen molar-refractivity contribution in [2.75, 3.05) is 11.4 Å². The molecule has 4 heterocycles. The number of anilines is 1. The van der Waals surface area contributed by atoms with Crippen molar-refractivity contribution in [1.82, 2.24) is 20.2 Å². The molecule has 21 heavy (non-hydrogen) atoms. The van der Waals surface area contributed by atoms with Crippen molar-refractivity contribution in [2.24, 2.45) is 0 Å². The molecule has 7 nitrogen and oxygen atoms in total. The second-order valence-corrected chi connectivity index (χ2v) is 5.50. The molecule has 2 saturated heterocycles. The van der Waals surface area contributed by atoms with Crippen LogP contribution in [0.15, 0.2) is 22.9 Å². The van der Waals surface area contributed by atoms with Gasteiger partial charge in [-0.1, -0.05) is 0 Å². The zero-order valence-electron chi connectivity index (χ0n) is 11.8. The van der Waals surface area contributed by atoms with Crippen molar-refractivity contribution in [3.8, 4) is 0 Å². The first-order valence-electron chi connectivity index (χ1n) is 7.30. The number of ether oxygens (including phenoxy) is 1. The van der Waals surface area contributed by atoms with Crippen LogP contribution in [0.3, 0.4) is 0 Å². The molecule has 0 aromatic carbocycles. The normalized spacial score (nSPS) is 28.6. The molecule has 7 heteroatoms. The number of hydrogen-bond donors (Lipinski definition) is 0. The minimum absolute atomic E-state index is 0.0795. The van der Waals surface area contributed by atoms with E-state index < -0.39 is 0 Å². The lowest BCUT2D eigenvalue weighted by Crippen LogP contribution is -2.41. The molecule has 0 saturated carbocycles. The van der Waals surface area contributed by atoms with Crippen LogP contribution in [0.4, 0.5) is 5.95 Å². The Morgan fingerprint density at radius 2 is 2.00 bits per heavy atom. The molecular formula is C14H17N5O2. The number of aromatic nitrogens is 4. The van der Waals surface area contributed by atoms with Gasteiger partial charge in [0.2, 0.25) is 17.7 Å². The predicted molar refractivity (Wildman–Crippen MR) is 73.7 cm³/mol. The van der Waals surface area contributed by atoms with E-state index in [0.29, 0.717) is 17.8 Å². The Labute approximate surface area is 122 Å². The zero-order valence-corrected chi connectivity index (χ0v) is 11.8. The van der Waals surface area contributed by atoms with Crippen LogP contribution in [-0.4, -0.2) is 38.9 Å². The SMILES string of the molecule is Cc1nnc([C@@H]2CC[C@@H]3[C@@H](CCN3c3ncccn3)O2)o1. The molecule has 4 rings (SSSR count). The van der Waals surface area contributed by atoms with E-state index in [1.165, 1.54) is 0 Å². The molecule has 0 aliphatic carbocycles. The van der Waals surface area contributed by atoms with Crippen LogP contribution in [-0.2, 0) is 4.74 Å². The van der Waals surface area contributed by atoms with Crippen molar-refractivity contribution in [3.63, 3.8) is 0 Å². The molecule has 2 aromatic heterocycles. The van der Waals surface area contributed by atoms with Gasteiger partial charge in [0.15, 0.2) is 0 Å². The summed E-state index contributed by atoms with van der Waals surface area (Å²) in [6, 6.07) is 2.18. The molecule has 2 aliphatic rings. The fourth-order valence-electron chi connectivity index (χ4n) is 3.24. The molecule has 110 valence electrons. The molecule has 0 N–H and O–H groups in total. The van der Waals surface area contributed by atoms with Crippen LogP contribution in [0, 0.1) is 6.92 Å². The van der Waals surface area contributed by atoms with E-state index in [-0.39, 0.29) is 12.2 Å². The van der Waals surface area contributed by atoms with Crippen LogP contribution >= 0.6 is 0 Å². The zero-order chi connectivity index (χ0) is 14.2. The highest BCUT2D eigenvalue weighted by Gasteiger charge is 2.42. The van der Waals surface area contributed by atoms with Gasteiger partial charge < -0.3 is 14.1 Å². The van der Waals surface area contributed by atoms with Crippen LogP contribution < -0.4 is 4.90 Å². The second kappa shape index (κ2) is 5.07. The molecule has 0 bridgehead atoms. The van der Waals surface area contributed by atoms with E-state index >= 15 is 0 Å². The Kier molecular flexibility index (Phi) is 3.07. The van der Waals surface area contributed by atoms with Gasteiger partial charge >= 0.3 is 0 Å². The van der Waals surface area contributed by atoms with E-state index in [2.05, 4.69) is 25.1 Å². The molecule has 0 unspecified atom stereocenters. The van der Waals surface area contributed by atoms with Crippen molar-refractivity contribution in [3.05, 3.63) is 30.2 Å². The van der Waals surface area contributed by atoms with E-state index in [9.17, 15) is 0 Å². The highest BCUT2D eigenvalue weighted by Crippen LogP contribution is 2.38. The topological polar surface area (TPSA) is 77.2 Å². The van der Waals surface area contributed by atoms with E-state index in [0.717, 1.165) is 31.8 Å². The molecular weight excluding hydrogens is 270 g/mol. The quantitative estimate of drug-likeness (QED) is 0.831. The molecule has 2 fully saturated rings. The second-order valence-electron chi connectivity index (χ2n) is 5.50. The lowest BCUT2D eigenvalue weighted by Gasteiger charge is -2.34. The Bertz CT molecular complexity index is 617. The van der Waals surface area contributed by atoms with E-state index in [1.54, 1.807) is 19.3 Å². The lowest BCUT2D eigenvalue weighted by atomic mass is 9.99. The largest absolute Gasteiger partial charge is 0.423 e. The number of rotatable bonds is 2. The van der Waals surface area contributed by atoms with Gasteiger partial charge in [-0.05, 0) is 25.3 Å². The highest BCUT2D eigenvalue weighted by atomic mass is 16.5. The molecule has 0 radical (unpaired) electrons. The van der Waals surface area contributed by atoms with Crippen molar-refractivity contribution in [2.45, 2.75) is 44.4 Å². The number of hydrogen-bond acceptors (Lipinski definition) is 7. The summed E-state index contributed by atoms with van der Waals surface area (Å²) in [6.45, 7) is 2.72. The van der Waals surface area contributed by atoms with Crippen LogP contribution in [0.25, 0.3) is 0 Å². The number of aryl methyl sites for hydroxylation is 1. The Hall–Kier alpha value is -2.02. The summed E-state index contributed by atoms with van der Waals surface area (Å²) in [4.78, 5) is 11.0. The molecule has 2 aliphatic heterocycles.